The van der Waals surface area contributed by atoms with Crippen LogP contribution in [0.2, 0.25) is 0 Å². The number of nitrogens with two attached hydrogens (primary N) is 1. The molecule has 1 unspecified atom stereocenters. The molecule has 6 nitrogen and oxygen atoms in total. The molecule has 118 valence electrons. The average Bonchev–Trinajstić information content (AvgIpc) is 2.53. The lowest BCUT2D eigenvalue weighted by atomic mass is 10.2. The molecular weight excluding hydrogens is 292 g/mol. The second-order valence-corrected chi connectivity index (χ2v) is 6.82. The number of nitrogens with zero attached hydrogens (tertiary/aromatic N) is 1. The zero-order valence-corrected chi connectivity index (χ0v) is 13.2. The second-order valence-electron chi connectivity index (χ2n) is 4.93. The minimum atomic E-state index is -3.54. The van der Waals surface area contributed by atoms with Crippen molar-refractivity contribution in [2.45, 2.75) is 30.8 Å². The van der Waals surface area contributed by atoms with Crippen LogP contribution in [0.15, 0.2) is 23.1 Å². The minimum absolute atomic E-state index is 0.118. The van der Waals surface area contributed by atoms with Gasteiger partial charge >= 0.3 is 0 Å². The van der Waals surface area contributed by atoms with Crippen LogP contribution in [0.4, 0.5) is 0 Å². The first kappa shape index (κ1) is 16.2. The molecule has 1 atom stereocenters. The molecule has 1 aliphatic heterocycles. The van der Waals surface area contributed by atoms with Gasteiger partial charge in [-0.25, -0.2) is 8.42 Å². The summed E-state index contributed by atoms with van der Waals surface area (Å²) in [4.78, 5) is 0.254. The third kappa shape index (κ3) is 3.21. The van der Waals surface area contributed by atoms with Gasteiger partial charge in [-0.2, -0.15) is 4.31 Å². The Bertz CT molecular complexity index is 589. The first-order valence-electron chi connectivity index (χ1n) is 7.01. The Morgan fingerprint density at radius 2 is 2.24 bits per heavy atom. The van der Waals surface area contributed by atoms with E-state index in [-0.39, 0.29) is 17.5 Å². The number of methoxy groups -OCH3 is 1. The number of rotatable bonds is 5. The molecule has 1 fully saturated rings. The quantitative estimate of drug-likeness (QED) is 0.875. The van der Waals surface area contributed by atoms with Crippen molar-refractivity contribution in [3.8, 4) is 5.75 Å². The summed E-state index contributed by atoms with van der Waals surface area (Å²) in [7, 11) is -2.00. The van der Waals surface area contributed by atoms with Crippen molar-refractivity contribution in [3.05, 3.63) is 23.8 Å². The molecule has 1 aromatic carbocycles. The Balaban J connectivity index is 2.38. The van der Waals surface area contributed by atoms with Gasteiger partial charge < -0.3 is 15.2 Å². The van der Waals surface area contributed by atoms with Crippen molar-refractivity contribution >= 4 is 10.0 Å². The average molecular weight is 314 g/mol. The van der Waals surface area contributed by atoms with E-state index in [1.165, 1.54) is 11.4 Å². The SMILES string of the molecule is CCC1COCCN1S(=O)(=O)c1ccc(OC)c(CN)c1. The highest BCUT2D eigenvalue weighted by molar-refractivity contribution is 7.89. The Morgan fingerprint density at radius 1 is 1.48 bits per heavy atom. The van der Waals surface area contributed by atoms with Gasteiger partial charge in [0.15, 0.2) is 0 Å². The van der Waals surface area contributed by atoms with Crippen molar-refractivity contribution in [2.24, 2.45) is 5.73 Å². The van der Waals surface area contributed by atoms with Gasteiger partial charge in [-0.15, -0.1) is 0 Å². The summed E-state index contributed by atoms with van der Waals surface area (Å²) in [6.45, 7) is 3.43. The molecule has 0 aromatic heterocycles. The largest absolute Gasteiger partial charge is 0.496 e. The maximum Gasteiger partial charge on any atom is 0.243 e. The summed E-state index contributed by atoms with van der Waals surface area (Å²) in [5.41, 5.74) is 6.34. The van der Waals surface area contributed by atoms with E-state index < -0.39 is 10.0 Å². The highest BCUT2D eigenvalue weighted by Crippen LogP contribution is 2.26. The van der Waals surface area contributed by atoms with E-state index in [0.717, 1.165) is 6.42 Å². The molecule has 21 heavy (non-hydrogen) atoms. The first-order valence-corrected chi connectivity index (χ1v) is 8.45. The summed E-state index contributed by atoms with van der Waals surface area (Å²) >= 11 is 0. The summed E-state index contributed by atoms with van der Waals surface area (Å²) in [5.74, 6) is 0.602. The van der Waals surface area contributed by atoms with Crippen LogP contribution in [0.3, 0.4) is 0 Å². The Hall–Kier alpha value is -1.15. The normalized spacial score (nSPS) is 20.4. The summed E-state index contributed by atoms with van der Waals surface area (Å²) in [6.07, 6.45) is 0.721. The van der Waals surface area contributed by atoms with E-state index >= 15 is 0 Å². The molecule has 1 aliphatic rings. The van der Waals surface area contributed by atoms with Gasteiger partial charge in [-0.1, -0.05) is 6.92 Å². The van der Waals surface area contributed by atoms with Gasteiger partial charge in [0, 0.05) is 24.7 Å². The van der Waals surface area contributed by atoms with Crippen LogP contribution in [0.25, 0.3) is 0 Å². The van der Waals surface area contributed by atoms with Gasteiger partial charge in [0.1, 0.15) is 5.75 Å². The highest BCUT2D eigenvalue weighted by Gasteiger charge is 2.33. The standard InChI is InChI=1S/C14H22N2O4S/c1-3-12-10-20-7-6-16(12)21(17,18)13-4-5-14(19-2)11(8-13)9-15/h4-5,8,12H,3,6-7,9-10,15H2,1-2H3. The molecule has 0 saturated carbocycles. The van der Waals surface area contributed by atoms with Crippen LogP contribution in [-0.4, -0.2) is 45.6 Å². The fourth-order valence-electron chi connectivity index (χ4n) is 2.49. The molecule has 2 rings (SSSR count). The Labute approximate surface area is 125 Å². The van der Waals surface area contributed by atoms with Crippen LogP contribution in [-0.2, 0) is 21.3 Å². The maximum absolute atomic E-state index is 12.8. The summed E-state index contributed by atoms with van der Waals surface area (Å²) in [5, 5.41) is 0. The van der Waals surface area contributed by atoms with Crippen molar-refractivity contribution in [3.63, 3.8) is 0 Å². The van der Waals surface area contributed by atoms with Crippen LogP contribution in [0, 0.1) is 0 Å². The number of hydrogen-bond acceptors (Lipinski definition) is 5. The summed E-state index contributed by atoms with van der Waals surface area (Å²) in [6, 6.07) is 4.69. The molecule has 0 radical (unpaired) electrons. The molecular formula is C14H22N2O4S. The Kier molecular flexibility index (Phi) is 5.21. The lowest BCUT2D eigenvalue weighted by Gasteiger charge is -2.34. The number of morpholine rings is 1. The van der Waals surface area contributed by atoms with Crippen molar-refractivity contribution in [2.75, 3.05) is 26.9 Å². The molecule has 0 spiro atoms. The molecule has 1 aromatic rings. The third-order valence-corrected chi connectivity index (χ3v) is 5.67. The van der Waals surface area contributed by atoms with Crippen molar-refractivity contribution in [1.29, 1.82) is 0 Å². The lowest BCUT2D eigenvalue weighted by molar-refractivity contribution is 0.0314. The molecule has 0 bridgehead atoms. The van der Waals surface area contributed by atoms with E-state index in [0.29, 0.717) is 31.1 Å². The van der Waals surface area contributed by atoms with E-state index in [1.54, 1.807) is 18.2 Å². The molecule has 1 heterocycles. The summed E-state index contributed by atoms with van der Waals surface area (Å²) < 4.78 is 37.7. The second kappa shape index (κ2) is 6.74. The number of ether oxygens (including phenoxy) is 2. The van der Waals surface area contributed by atoms with Crippen LogP contribution >= 0.6 is 0 Å². The van der Waals surface area contributed by atoms with Crippen molar-refractivity contribution < 1.29 is 17.9 Å². The molecule has 0 amide bonds. The molecule has 2 N–H and O–H groups in total. The van der Waals surface area contributed by atoms with Crippen LogP contribution < -0.4 is 10.5 Å². The highest BCUT2D eigenvalue weighted by atomic mass is 32.2. The monoisotopic (exact) mass is 314 g/mol. The topological polar surface area (TPSA) is 81.9 Å². The van der Waals surface area contributed by atoms with E-state index in [9.17, 15) is 8.42 Å². The fourth-order valence-corrected chi connectivity index (χ4v) is 4.21. The predicted molar refractivity (Wildman–Crippen MR) is 79.7 cm³/mol. The van der Waals surface area contributed by atoms with Crippen molar-refractivity contribution in [1.82, 2.24) is 4.31 Å². The fraction of sp³-hybridized carbons (Fsp3) is 0.571. The molecule has 1 saturated heterocycles. The van der Waals surface area contributed by atoms with Gasteiger partial charge in [-0.3, -0.25) is 0 Å². The predicted octanol–water partition coefficient (Wildman–Crippen LogP) is 0.953. The van der Waals surface area contributed by atoms with Gasteiger partial charge in [-0.05, 0) is 24.6 Å². The number of benzene rings is 1. The van der Waals surface area contributed by atoms with Gasteiger partial charge in [0.05, 0.1) is 25.2 Å². The third-order valence-electron chi connectivity index (χ3n) is 3.72. The van der Waals surface area contributed by atoms with E-state index in [1.807, 2.05) is 6.92 Å². The number of sulfonamides is 1. The first-order chi connectivity index (χ1) is 10.0. The van der Waals surface area contributed by atoms with E-state index in [4.69, 9.17) is 15.2 Å². The smallest absolute Gasteiger partial charge is 0.243 e. The lowest BCUT2D eigenvalue weighted by Crippen LogP contribution is -2.48. The zero-order valence-electron chi connectivity index (χ0n) is 12.4. The maximum atomic E-state index is 12.8. The minimum Gasteiger partial charge on any atom is -0.496 e. The van der Waals surface area contributed by atoms with Crippen LogP contribution in [0.1, 0.15) is 18.9 Å². The van der Waals surface area contributed by atoms with Gasteiger partial charge in [0.2, 0.25) is 10.0 Å². The number of hydrogen-bond donors (Lipinski definition) is 1. The van der Waals surface area contributed by atoms with E-state index in [2.05, 4.69) is 0 Å². The molecule has 7 heteroatoms. The molecule has 0 aliphatic carbocycles. The van der Waals surface area contributed by atoms with Crippen LogP contribution in [0.5, 0.6) is 5.75 Å². The van der Waals surface area contributed by atoms with Gasteiger partial charge in [0.25, 0.3) is 0 Å². The Morgan fingerprint density at radius 3 is 2.86 bits per heavy atom. The zero-order chi connectivity index (χ0) is 15.5.